The molecule has 162 valence electrons. The molecule has 4 aliphatic carbocycles. The van der Waals surface area contributed by atoms with E-state index in [1.54, 1.807) is 0 Å². The van der Waals surface area contributed by atoms with Gasteiger partial charge in [-0.3, -0.25) is 0 Å². The van der Waals surface area contributed by atoms with E-state index < -0.39 is 47.7 Å². The monoisotopic (exact) mass is 414 g/mol. The highest BCUT2D eigenvalue weighted by Gasteiger charge is 2.85. The van der Waals surface area contributed by atoms with Gasteiger partial charge in [0, 0.05) is 6.61 Å². The number of hydrogen-bond acceptors (Lipinski definition) is 4. The summed E-state index contributed by atoms with van der Waals surface area (Å²) in [5.41, 5.74) is -2.96. The smallest absolute Gasteiger partial charge is 0.375 e. The zero-order chi connectivity index (χ0) is 20.6. The Morgan fingerprint density at radius 1 is 1.11 bits per heavy atom. The quantitative estimate of drug-likeness (QED) is 0.699. The molecule has 5 aliphatic rings. The molecule has 4 unspecified atom stereocenters. The average Bonchev–Trinajstić information content (AvgIpc) is 2.59. The van der Waals surface area contributed by atoms with Crippen LogP contribution in [0.15, 0.2) is 0 Å². The number of hydrogen-bond donors (Lipinski definition) is 1. The molecule has 4 nitrogen and oxygen atoms in total. The molecule has 0 aromatic rings. The van der Waals surface area contributed by atoms with E-state index in [0.717, 1.165) is 12.8 Å². The summed E-state index contributed by atoms with van der Waals surface area (Å²) >= 11 is 0. The largest absolute Gasteiger partial charge is 0.449 e. The molecule has 0 radical (unpaired) electrons. The van der Waals surface area contributed by atoms with E-state index in [2.05, 4.69) is 4.74 Å². The molecule has 0 aromatic heterocycles. The molecule has 1 spiro atoms. The van der Waals surface area contributed by atoms with Crippen molar-refractivity contribution in [3.63, 3.8) is 0 Å². The lowest BCUT2D eigenvalue weighted by molar-refractivity contribution is -0.522. The van der Waals surface area contributed by atoms with Crippen LogP contribution in [0.3, 0.4) is 0 Å². The first-order valence-electron chi connectivity index (χ1n) is 9.99. The average molecular weight is 414 g/mol. The van der Waals surface area contributed by atoms with Gasteiger partial charge in [-0.15, -0.1) is 0 Å². The second-order valence-corrected chi connectivity index (χ2v) is 9.27. The minimum atomic E-state index is -5.63. The number of alkyl halides is 5. The zero-order valence-electron chi connectivity index (χ0n) is 16.0. The predicted molar refractivity (Wildman–Crippen MR) is 87.4 cm³/mol. The van der Waals surface area contributed by atoms with Gasteiger partial charge in [-0.2, -0.15) is 22.0 Å². The maximum atomic E-state index is 15.4. The van der Waals surface area contributed by atoms with Crippen molar-refractivity contribution in [2.75, 3.05) is 13.4 Å². The van der Waals surface area contributed by atoms with Crippen molar-refractivity contribution in [1.29, 1.82) is 0 Å². The van der Waals surface area contributed by atoms with Crippen LogP contribution >= 0.6 is 0 Å². The molecule has 1 heterocycles. The van der Waals surface area contributed by atoms with E-state index >= 15 is 8.78 Å². The Balaban J connectivity index is 1.67. The van der Waals surface area contributed by atoms with Gasteiger partial charge in [-0.05, 0) is 55.8 Å². The van der Waals surface area contributed by atoms with Crippen LogP contribution in [0.1, 0.15) is 52.4 Å². The molecule has 9 heteroatoms. The standard InChI is InChI=1S/C19H27F5O4/c1-3-11(2)9-26-15-6-12-4-13(7-15)16(14(5-12)8-15)17(20,21)18(25,19(22,23)24)28-10-27-16/h11-14,25H,3-10H2,1-2H3. The minimum Gasteiger partial charge on any atom is -0.375 e. The molecule has 4 saturated carbocycles. The highest BCUT2D eigenvalue weighted by molar-refractivity contribution is 5.22. The SMILES string of the molecule is CCC(C)COC12CC3CC(C1)C1(OCOC(O)(C(F)(F)F)C1(F)F)C(C3)C2. The lowest BCUT2D eigenvalue weighted by Gasteiger charge is -2.67. The van der Waals surface area contributed by atoms with Crippen molar-refractivity contribution < 1.29 is 41.3 Å². The fourth-order valence-corrected chi connectivity index (χ4v) is 6.18. The number of aliphatic hydroxyl groups is 1. The molecule has 1 aliphatic heterocycles. The van der Waals surface area contributed by atoms with E-state index in [0.29, 0.717) is 25.4 Å². The lowest BCUT2D eigenvalue weighted by atomic mass is 9.46. The van der Waals surface area contributed by atoms with Gasteiger partial charge in [0.2, 0.25) is 0 Å². The van der Waals surface area contributed by atoms with Gasteiger partial charge in [0.15, 0.2) is 6.79 Å². The summed E-state index contributed by atoms with van der Waals surface area (Å²) in [5.74, 6) is -10.3. The molecule has 4 bridgehead atoms. The first-order chi connectivity index (χ1) is 12.9. The van der Waals surface area contributed by atoms with Crippen molar-refractivity contribution in [1.82, 2.24) is 0 Å². The van der Waals surface area contributed by atoms with E-state index in [4.69, 9.17) is 9.47 Å². The Kier molecular flexibility index (Phi) is 4.63. The number of ether oxygens (including phenoxy) is 3. The van der Waals surface area contributed by atoms with Crippen LogP contribution in [0.2, 0.25) is 0 Å². The van der Waals surface area contributed by atoms with Crippen LogP contribution in [-0.2, 0) is 14.2 Å². The van der Waals surface area contributed by atoms with Crippen molar-refractivity contribution in [3.8, 4) is 0 Å². The third kappa shape index (κ3) is 2.55. The molecular weight excluding hydrogens is 387 g/mol. The highest BCUT2D eigenvalue weighted by atomic mass is 19.4. The third-order valence-corrected chi connectivity index (χ3v) is 7.58. The molecule has 1 saturated heterocycles. The molecule has 5 rings (SSSR count). The fourth-order valence-electron chi connectivity index (χ4n) is 6.18. The Morgan fingerprint density at radius 3 is 2.25 bits per heavy atom. The second kappa shape index (κ2) is 6.25. The summed E-state index contributed by atoms with van der Waals surface area (Å²) in [7, 11) is 0. The fraction of sp³-hybridized carbons (Fsp3) is 1.00. The van der Waals surface area contributed by atoms with E-state index in [1.807, 2.05) is 13.8 Å². The summed E-state index contributed by atoms with van der Waals surface area (Å²) in [6.07, 6.45) is -2.80. The topological polar surface area (TPSA) is 47.9 Å². The Bertz CT molecular complexity index is 608. The maximum absolute atomic E-state index is 15.4. The van der Waals surface area contributed by atoms with Crippen molar-refractivity contribution >= 4 is 0 Å². The molecular formula is C19H27F5O4. The van der Waals surface area contributed by atoms with Crippen molar-refractivity contribution in [3.05, 3.63) is 0 Å². The first-order valence-corrected chi connectivity index (χ1v) is 9.99. The summed E-state index contributed by atoms with van der Waals surface area (Å²) in [6.45, 7) is 3.57. The van der Waals surface area contributed by atoms with E-state index in [9.17, 15) is 18.3 Å². The Labute approximate surface area is 160 Å². The van der Waals surface area contributed by atoms with Crippen LogP contribution in [0.4, 0.5) is 22.0 Å². The van der Waals surface area contributed by atoms with Gasteiger partial charge in [-0.1, -0.05) is 20.3 Å². The van der Waals surface area contributed by atoms with Crippen LogP contribution < -0.4 is 0 Å². The van der Waals surface area contributed by atoms with Crippen LogP contribution in [-0.4, -0.2) is 47.6 Å². The summed E-state index contributed by atoms with van der Waals surface area (Å²) < 4.78 is 86.7. The molecule has 5 fully saturated rings. The lowest BCUT2D eigenvalue weighted by Crippen LogP contribution is -2.81. The second-order valence-electron chi connectivity index (χ2n) is 9.27. The van der Waals surface area contributed by atoms with Gasteiger partial charge >= 0.3 is 17.9 Å². The minimum absolute atomic E-state index is 0.126. The summed E-state index contributed by atoms with van der Waals surface area (Å²) in [4.78, 5) is 0. The molecule has 1 N–H and O–H groups in total. The molecule has 0 aromatic carbocycles. The maximum Gasteiger partial charge on any atom is 0.449 e. The van der Waals surface area contributed by atoms with Crippen LogP contribution in [0.5, 0.6) is 0 Å². The molecule has 28 heavy (non-hydrogen) atoms. The summed E-state index contributed by atoms with van der Waals surface area (Å²) in [5, 5.41) is 9.95. The molecule has 0 amide bonds. The van der Waals surface area contributed by atoms with Crippen molar-refractivity contribution in [2.45, 2.75) is 81.5 Å². The first kappa shape index (κ1) is 20.8. The third-order valence-electron chi connectivity index (χ3n) is 7.58. The van der Waals surface area contributed by atoms with Gasteiger partial charge in [0.1, 0.15) is 5.60 Å². The number of rotatable bonds is 4. The van der Waals surface area contributed by atoms with E-state index in [-0.39, 0.29) is 18.8 Å². The van der Waals surface area contributed by atoms with Gasteiger partial charge < -0.3 is 19.3 Å². The van der Waals surface area contributed by atoms with Crippen LogP contribution in [0.25, 0.3) is 0 Å². The Hall–Kier alpha value is -0.510. The Morgan fingerprint density at radius 2 is 1.71 bits per heavy atom. The van der Waals surface area contributed by atoms with Crippen LogP contribution in [0, 0.1) is 23.7 Å². The van der Waals surface area contributed by atoms with Gasteiger partial charge in [0.25, 0.3) is 0 Å². The predicted octanol–water partition coefficient (Wildman–Crippen LogP) is 4.26. The number of halogens is 5. The highest BCUT2D eigenvalue weighted by Crippen LogP contribution is 2.69. The van der Waals surface area contributed by atoms with Crippen molar-refractivity contribution in [2.24, 2.45) is 23.7 Å². The molecule has 4 atom stereocenters. The summed E-state index contributed by atoms with van der Waals surface area (Å²) in [6, 6.07) is 0. The zero-order valence-corrected chi connectivity index (χ0v) is 16.0. The van der Waals surface area contributed by atoms with E-state index in [1.165, 1.54) is 0 Å². The van der Waals surface area contributed by atoms with Gasteiger partial charge in [0.05, 0.1) is 5.60 Å². The van der Waals surface area contributed by atoms with Gasteiger partial charge in [-0.25, -0.2) is 0 Å². The normalized spacial score (nSPS) is 48.2.